The molecule has 6 nitrogen and oxygen atoms in total. The van der Waals surface area contributed by atoms with Crippen LogP contribution in [0.5, 0.6) is 0 Å². The first-order valence-electron chi connectivity index (χ1n) is 4.50. The van der Waals surface area contributed by atoms with Crippen LogP contribution in [0.3, 0.4) is 0 Å². The summed E-state index contributed by atoms with van der Waals surface area (Å²) in [5, 5.41) is 9.98. The van der Waals surface area contributed by atoms with Crippen molar-refractivity contribution in [2.75, 3.05) is 0 Å². The summed E-state index contributed by atoms with van der Waals surface area (Å²) in [6.45, 7) is 0. The van der Waals surface area contributed by atoms with E-state index in [4.69, 9.17) is 5.84 Å². The second kappa shape index (κ2) is 4.47. The van der Waals surface area contributed by atoms with Crippen LogP contribution in [0.15, 0.2) is 17.8 Å². The molecule has 0 fully saturated rings. The third-order valence-corrected chi connectivity index (χ3v) is 2.66. The van der Waals surface area contributed by atoms with Crippen LogP contribution in [0.25, 0.3) is 0 Å². The van der Waals surface area contributed by atoms with Crippen LogP contribution < -0.4 is 11.3 Å². The summed E-state index contributed by atoms with van der Waals surface area (Å²) >= 11 is 1.32. The number of nitrogens with zero attached hydrogens (tertiary/aromatic N) is 4. The molecule has 15 heavy (non-hydrogen) atoms. The van der Waals surface area contributed by atoms with Crippen molar-refractivity contribution in [2.24, 2.45) is 12.9 Å². The first-order chi connectivity index (χ1) is 7.29. The lowest BCUT2D eigenvalue weighted by Gasteiger charge is -2.10. The number of hydrogen-bond donors (Lipinski definition) is 2. The highest BCUT2D eigenvalue weighted by atomic mass is 32.1. The van der Waals surface area contributed by atoms with Gasteiger partial charge >= 0.3 is 0 Å². The summed E-state index contributed by atoms with van der Waals surface area (Å²) in [5.41, 5.74) is 4.72. The first-order valence-corrected chi connectivity index (χ1v) is 5.34. The lowest BCUT2D eigenvalue weighted by atomic mass is 10.1. The molecule has 3 N–H and O–H groups in total. The Balaban J connectivity index is 2.09. The Kier molecular flexibility index (Phi) is 3.05. The minimum Gasteiger partial charge on any atom is -0.276 e. The van der Waals surface area contributed by atoms with E-state index in [1.165, 1.54) is 11.5 Å². The van der Waals surface area contributed by atoms with Gasteiger partial charge in [-0.25, -0.2) is 0 Å². The van der Waals surface area contributed by atoms with Crippen molar-refractivity contribution in [2.45, 2.75) is 12.5 Å². The zero-order valence-electron chi connectivity index (χ0n) is 8.29. The summed E-state index contributed by atoms with van der Waals surface area (Å²) in [6, 6.07) is -0.00653. The van der Waals surface area contributed by atoms with E-state index in [1.54, 1.807) is 4.68 Å². The maximum absolute atomic E-state index is 5.48. The molecule has 2 rings (SSSR count). The highest BCUT2D eigenvalue weighted by Crippen LogP contribution is 2.15. The Morgan fingerprint density at radius 2 is 2.53 bits per heavy atom. The number of nitrogens with two attached hydrogens (primary N) is 1. The van der Waals surface area contributed by atoms with Crippen molar-refractivity contribution >= 4 is 11.5 Å². The standard InChI is InChI=1S/C8H12N6S/c1-14-4-6(3-10-14)2-7(11-9)8-5-15-13-12-8/h3-5,7,11H,2,9H2,1H3. The average molecular weight is 224 g/mol. The van der Waals surface area contributed by atoms with Gasteiger partial charge in [0.15, 0.2) is 0 Å². The van der Waals surface area contributed by atoms with E-state index in [0.29, 0.717) is 0 Å². The van der Waals surface area contributed by atoms with Gasteiger partial charge in [-0.15, -0.1) is 5.10 Å². The van der Waals surface area contributed by atoms with Crippen molar-refractivity contribution in [3.05, 3.63) is 29.0 Å². The van der Waals surface area contributed by atoms with Gasteiger partial charge in [0, 0.05) is 18.6 Å². The fourth-order valence-corrected chi connectivity index (χ4v) is 1.89. The molecule has 7 heteroatoms. The second-order valence-electron chi connectivity index (χ2n) is 3.28. The highest BCUT2D eigenvalue weighted by Gasteiger charge is 2.13. The monoisotopic (exact) mass is 224 g/mol. The van der Waals surface area contributed by atoms with E-state index in [0.717, 1.165) is 17.7 Å². The Morgan fingerprint density at radius 1 is 1.67 bits per heavy atom. The zero-order chi connectivity index (χ0) is 10.7. The number of aromatic nitrogens is 4. The van der Waals surface area contributed by atoms with Crippen LogP contribution in [0.4, 0.5) is 0 Å². The number of aryl methyl sites for hydroxylation is 1. The molecule has 0 radical (unpaired) electrons. The van der Waals surface area contributed by atoms with Crippen molar-refractivity contribution in [3.8, 4) is 0 Å². The lowest BCUT2D eigenvalue weighted by molar-refractivity contribution is 0.537. The SMILES string of the molecule is Cn1cc(CC(NN)c2csnn2)cn1. The second-order valence-corrected chi connectivity index (χ2v) is 3.89. The van der Waals surface area contributed by atoms with Gasteiger partial charge in [0.05, 0.1) is 17.9 Å². The van der Waals surface area contributed by atoms with Crippen LogP contribution in [0.1, 0.15) is 17.3 Å². The summed E-state index contributed by atoms with van der Waals surface area (Å²) in [6.07, 6.45) is 4.55. The van der Waals surface area contributed by atoms with Crippen LogP contribution in [-0.2, 0) is 13.5 Å². The van der Waals surface area contributed by atoms with Gasteiger partial charge in [0.25, 0.3) is 0 Å². The largest absolute Gasteiger partial charge is 0.276 e. The van der Waals surface area contributed by atoms with Gasteiger partial charge in [0.2, 0.25) is 0 Å². The van der Waals surface area contributed by atoms with Gasteiger partial charge in [-0.3, -0.25) is 16.0 Å². The highest BCUT2D eigenvalue weighted by molar-refractivity contribution is 7.03. The van der Waals surface area contributed by atoms with E-state index in [-0.39, 0.29) is 6.04 Å². The molecular weight excluding hydrogens is 212 g/mol. The van der Waals surface area contributed by atoms with Crippen molar-refractivity contribution in [1.82, 2.24) is 24.8 Å². The topological polar surface area (TPSA) is 81.7 Å². The van der Waals surface area contributed by atoms with Crippen molar-refractivity contribution < 1.29 is 0 Å². The van der Waals surface area contributed by atoms with E-state index in [2.05, 4.69) is 20.1 Å². The molecular formula is C8H12N6S. The third kappa shape index (κ3) is 2.38. The van der Waals surface area contributed by atoms with Gasteiger partial charge in [-0.1, -0.05) is 4.49 Å². The van der Waals surface area contributed by atoms with Crippen LogP contribution in [-0.4, -0.2) is 19.4 Å². The predicted molar refractivity (Wildman–Crippen MR) is 56.9 cm³/mol. The molecule has 0 amide bonds. The normalized spacial score (nSPS) is 12.9. The van der Waals surface area contributed by atoms with Crippen molar-refractivity contribution in [1.29, 1.82) is 0 Å². The molecule has 80 valence electrons. The van der Waals surface area contributed by atoms with E-state index < -0.39 is 0 Å². The summed E-state index contributed by atoms with van der Waals surface area (Å²) in [7, 11) is 1.89. The lowest BCUT2D eigenvalue weighted by Crippen LogP contribution is -2.29. The number of hydrazine groups is 1. The van der Waals surface area contributed by atoms with Crippen LogP contribution in [0, 0.1) is 0 Å². The fraction of sp³-hybridized carbons (Fsp3) is 0.375. The average Bonchev–Trinajstić information content (AvgIpc) is 2.85. The maximum Gasteiger partial charge on any atom is 0.0941 e. The molecule has 0 spiro atoms. The molecule has 0 saturated heterocycles. The number of rotatable bonds is 4. The molecule has 0 saturated carbocycles. The quantitative estimate of drug-likeness (QED) is 0.565. The maximum atomic E-state index is 5.48. The summed E-state index contributed by atoms with van der Waals surface area (Å²) in [5.74, 6) is 5.48. The molecule has 2 aromatic heterocycles. The van der Waals surface area contributed by atoms with Gasteiger partial charge < -0.3 is 0 Å². The Morgan fingerprint density at radius 3 is 3.07 bits per heavy atom. The van der Waals surface area contributed by atoms with Gasteiger partial charge in [-0.2, -0.15) is 5.10 Å². The Hall–Kier alpha value is -1.31. The molecule has 0 bridgehead atoms. The molecule has 1 atom stereocenters. The third-order valence-electron chi connectivity index (χ3n) is 2.13. The molecule has 0 aromatic carbocycles. The molecule has 2 aromatic rings. The molecule has 0 aliphatic heterocycles. The van der Waals surface area contributed by atoms with E-state index in [1.807, 2.05) is 24.8 Å². The van der Waals surface area contributed by atoms with Crippen molar-refractivity contribution in [3.63, 3.8) is 0 Å². The van der Waals surface area contributed by atoms with Crippen LogP contribution >= 0.6 is 11.5 Å². The van der Waals surface area contributed by atoms with Gasteiger partial charge in [-0.05, 0) is 23.5 Å². The summed E-state index contributed by atoms with van der Waals surface area (Å²) < 4.78 is 5.58. The number of nitrogens with one attached hydrogen (secondary N) is 1. The molecule has 0 aliphatic rings. The van der Waals surface area contributed by atoms with Crippen LogP contribution in [0.2, 0.25) is 0 Å². The zero-order valence-corrected chi connectivity index (χ0v) is 9.11. The molecule has 0 aliphatic carbocycles. The minimum atomic E-state index is -0.00653. The smallest absolute Gasteiger partial charge is 0.0941 e. The Labute approximate surface area is 91.2 Å². The van der Waals surface area contributed by atoms with E-state index >= 15 is 0 Å². The molecule has 2 heterocycles. The first kappa shape index (κ1) is 10.2. The van der Waals surface area contributed by atoms with Gasteiger partial charge in [0.1, 0.15) is 0 Å². The van der Waals surface area contributed by atoms with E-state index in [9.17, 15) is 0 Å². The predicted octanol–water partition coefficient (Wildman–Crippen LogP) is 0.0187. The minimum absolute atomic E-state index is 0.00653. The number of hydrogen-bond acceptors (Lipinski definition) is 6. The molecule has 1 unspecified atom stereocenters. The fourth-order valence-electron chi connectivity index (χ4n) is 1.39. The summed E-state index contributed by atoms with van der Waals surface area (Å²) in [4.78, 5) is 0. The Bertz CT molecular complexity index is 408.